The van der Waals surface area contributed by atoms with E-state index in [0.29, 0.717) is 12.8 Å². The van der Waals surface area contributed by atoms with Gasteiger partial charge in [0.15, 0.2) is 0 Å². The normalized spacial score (nSPS) is 15.4. The first kappa shape index (κ1) is 19.0. The standard InChI is InChI=1S/C19H32O3/c1-5-8-18(20)19(21)12-14(4)17-10-9-16(22-11-6-2)13-15(17)7-3/h9-10,13-14,18-21H,5-8,11-12H2,1-4H3. The van der Waals surface area contributed by atoms with Crippen molar-refractivity contribution in [2.45, 2.75) is 77.9 Å². The largest absolute Gasteiger partial charge is 0.494 e. The molecule has 0 spiro atoms. The minimum Gasteiger partial charge on any atom is -0.494 e. The van der Waals surface area contributed by atoms with E-state index in [4.69, 9.17) is 4.74 Å². The van der Waals surface area contributed by atoms with Crippen LogP contribution in [0.2, 0.25) is 0 Å². The molecule has 2 N–H and O–H groups in total. The summed E-state index contributed by atoms with van der Waals surface area (Å²) in [7, 11) is 0. The zero-order valence-electron chi connectivity index (χ0n) is 14.5. The zero-order chi connectivity index (χ0) is 16.5. The molecule has 0 radical (unpaired) electrons. The summed E-state index contributed by atoms with van der Waals surface area (Å²) in [5.41, 5.74) is 2.51. The van der Waals surface area contributed by atoms with Gasteiger partial charge in [-0.15, -0.1) is 0 Å². The predicted molar refractivity (Wildman–Crippen MR) is 91.6 cm³/mol. The Morgan fingerprint density at radius 1 is 1.05 bits per heavy atom. The highest BCUT2D eigenvalue weighted by molar-refractivity contribution is 5.37. The molecule has 0 aliphatic heterocycles. The van der Waals surface area contributed by atoms with Gasteiger partial charge in [-0.25, -0.2) is 0 Å². The average Bonchev–Trinajstić information content (AvgIpc) is 2.52. The van der Waals surface area contributed by atoms with Crippen molar-refractivity contribution in [3.05, 3.63) is 29.3 Å². The molecule has 3 nitrogen and oxygen atoms in total. The molecule has 1 aromatic carbocycles. The van der Waals surface area contributed by atoms with Crippen molar-refractivity contribution < 1.29 is 14.9 Å². The molecule has 0 aromatic heterocycles. The molecule has 3 atom stereocenters. The molecule has 0 fully saturated rings. The molecule has 3 heteroatoms. The molecular formula is C19H32O3. The van der Waals surface area contributed by atoms with Crippen molar-refractivity contribution in [2.24, 2.45) is 0 Å². The van der Waals surface area contributed by atoms with Crippen molar-refractivity contribution in [3.8, 4) is 5.75 Å². The lowest BCUT2D eigenvalue weighted by Crippen LogP contribution is -2.27. The van der Waals surface area contributed by atoms with Gasteiger partial charge < -0.3 is 14.9 Å². The molecule has 22 heavy (non-hydrogen) atoms. The van der Waals surface area contributed by atoms with Gasteiger partial charge in [-0.05, 0) is 54.9 Å². The summed E-state index contributed by atoms with van der Waals surface area (Å²) < 4.78 is 5.69. The van der Waals surface area contributed by atoms with Gasteiger partial charge in [0, 0.05) is 0 Å². The van der Waals surface area contributed by atoms with Crippen LogP contribution in [0, 0.1) is 0 Å². The minimum atomic E-state index is -0.657. The van der Waals surface area contributed by atoms with E-state index in [1.165, 1.54) is 11.1 Å². The van der Waals surface area contributed by atoms with Crippen LogP contribution in [0.1, 0.15) is 70.4 Å². The lowest BCUT2D eigenvalue weighted by atomic mass is 9.88. The maximum Gasteiger partial charge on any atom is 0.119 e. The van der Waals surface area contributed by atoms with E-state index in [1.54, 1.807) is 0 Å². The van der Waals surface area contributed by atoms with Crippen molar-refractivity contribution in [3.63, 3.8) is 0 Å². The summed E-state index contributed by atoms with van der Waals surface area (Å²) in [5.74, 6) is 1.14. The SMILES string of the molecule is CCCOc1ccc(C(C)CC(O)C(O)CCC)c(CC)c1. The first-order chi connectivity index (χ1) is 10.5. The number of hydrogen-bond acceptors (Lipinski definition) is 3. The van der Waals surface area contributed by atoms with E-state index < -0.39 is 12.2 Å². The van der Waals surface area contributed by atoms with Crippen LogP contribution in [0.25, 0.3) is 0 Å². The van der Waals surface area contributed by atoms with Gasteiger partial charge in [-0.2, -0.15) is 0 Å². The molecule has 0 aliphatic rings. The number of ether oxygens (including phenoxy) is 1. The second-order valence-electron chi connectivity index (χ2n) is 6.12. The fraction of sp³-hybridized carbons (Fsp3) is 0.684. The van der Waals surface area contributed by atoms with Crippen LogP contribution >= 0.6 is 0 Å². The maximum absolute atomic E-state index is 10.1. The third-order valence-corrected chi connectivity index (χ3v) is 4.12. The van der Waals surface area contributed by atoms with Gasteiger partial charge in [0.05, 0.1) is 18.8 Å². The number of rotatable bonds is 10. The second-order valence-corrected chi connectivity index (χ2v) is 6.12. The Morgan fingerprint density at radius 3 is 2.36 bits per heavy atom. The summed E-state index contributed by atoms with van der Waals surface area (Å²) in [6.45, 7) is 9.10. The van der Waals surface area contributed by atoms with Crippen LogP contribution in [0.5, 0.6) is 5.75 Å². The quantitative estimate of drug-likeness (QED) is 0.685. The van der Waals surface area contributed by atoms with Gasteiger partial charge in [0.1, 0.15) is 5.75 Å². The Labute approximate surface area is 135 Å². The van der Waals surface area contributed by atoms with E-state index in [-0.39, 0.29) is 5.92 Å². The Morgan fingerprint density at radius 2 is 1.77 bits per heavy atom. The van der Waals surface area contributed by atoms with Gasteiger partial charge in [0.2, 0.25) is 0 Å². The Kier molecular flexibility index (Phi) is 8.51. The lowest BCUT2D eigenvalue weighted by Gasteiger charge is -2.23. The molecule has 0 saturated carbocycles. The molecule has 0 heterocycles. The van der Waals surface area contributed by atoms with Gasteiger partial charge in [-0.1, -0.05) is 40.2 Å². The maximum atomic E-state index is 10.1. The Balaban J connectivity index is 2.77. The highest BCUT2D eigenvalue weighted by atomic mass is 16.5. The summed E-state index contributed by atoms with van der Waals surface area (Å²) >= 11 is 0. The summed E-state index contributed by atoms with van der Waals surface area (Å²) in [6, 6.07) is 6.22. The first-order valence-corrected chi connectivity index (χ1v) is 8.65. The first-order valence-electron chi connectivity index (χ1n) is 8.65. The van der Waals surface area contributed by atoms with Crippen LogP contribution in [-0.4, -0.2) is 29.0 Å². The van der Waals surface area contributed by atoms with Gasteiger partial charge in [-0.3, -0.25) is 0 Å². The van der Waals surface area contributed by atoms with E-state index in [2.05, 4.69) is 32.9 Å². The molecule has 3 unspecified atom stereocenters. The molecule has 1 aromatic rings. The van der Waals surface area contributed by atoms with E-state index in [9.17, 15) is 10.2 Å². The number of hydrogen-bond donors (Lipinski definition) is 2. The van der Waals surface area contributed by atoms with Gasteiger partial charge >= 0.3 is 0 Å². The molecule has 0 bridgehead atoms. The van der Waals surface area contributed by atoms with E-state index in [0.717, 1.165) is 31.6 Å². The Hall–Kier alpha value is -1.06. The summed E-state index contributed by atoms with van der Waals surface area (Å²) in [5, 5.41) is 20.1. The van der Waals surface area contributed by atoms with E-state index >= 15 is 0 Å². The van der Waals surface area contributed by atoms with Gasteiger partial charge in [0.25, 0.3) is 0 Å². The molecular weight excluding hydrogens is 276 g/mol. The molecule has 0 amide bonds. The highest BCUT2D eigenvalue weighted by Gasteiger charge is 2.20. The Bertz CT molecular complexity index is 431. The summed E-state index contributed by atoms with van der Waals surface area (Å²) in [4.78, 5) is 0. The van der Waals surface area contributed by atoms with Crippen LogP contribution in [-0.2, 0) is 6.42 Å². The van der Waals surface area contributed by atoms with Crippen LogP contribution in [0.3, 0.4) is 0 Å². The fourth-order valence-electron chi connectivity index (χ4n) is 2.81. The van der Waals surface area contributed by atoms with Crippen molar-refractivity contribution >= 4 is 0 Å². The van der Waals surface area contributed by atoms with Crippen molar-refractivity contribution in [1.29, 1.82) is 0 Å². The number of aliphatic hydroxyl groups excluding tert-OH is 2. The molecule has 1 rings (SSSR count). The smallest absolute Gasteiger partial charge is 0.119 e. The average molecular weight is 308 g/mol. The third-order valence-electron chi connectivity index (χ3n) is 4.12. The molecule has 126 valence electrons. The van der Waals surface area contributed by atoms with Crippen molar-refractivity contribution in [2.75, 3.05) is 6.61 Å². The van der Waals surface area contributed by atoms with Crippen LogP contribution in [0.4, 0.5) is 0 Å². The van der Waals surface area contributed by atoms with E-state index in [1.807, 2.05) is 13.0 Å². The number of benzene rings is 1. The number of aryl methyl sites for hydroxylation is 1. The second kappa shape index (κ2) is 9.86. The highest BCUT2D eigenvalue weighted by Crippen LogP contribution is 2.29. The zero-order valence-corrected chi connectivity index (χ0v) is 14.5. The van der Waals surface area contributed by atoms with Crippen molar-refractivity contribution in [1.82, 2.24) is 0 Å². The summed E-state index contributed by atoms with van der Waals surface area (Å²) in [6.07, 6.45) is 2.79. The minimum absolute atomic E-state index is 0.219. The molecule has 0 saturated heterocycles. The predicted octanol–water partition coefficient (Wildman–Crippen LogP) is 4.05. The van der Waals surface area contributed by atoms with Crippen LogP contribution < -0.4 is 4.74 Å². The topological polar surface area (TPSA) is 49.7 Å². The number of aliphatic hydroxyl groups is 2. The lowest BCUT2D eigenvalue weighted by molar-refractivity contribution is 0.00634. The molecule has 0 aliphatic carbocycles. The van der Waals surface area contributed by atoms with Crippen LogP contribution in [0.15, 0.2) is 18.2 Å². The monoisotopic (exact) mass is 308 g/mol. The fourth-order valence-corrected chi connectivity index (χ4v) is 2.81. The third kappa shape index (κ3) is 5.62.